The van der Waals surface area contributed by atoms with Gasteiger partial charge in [-0.3, -0.25) is 8.99 Å². The quantitative estimate of drug-likeness (QED) is 0.518. The fraction of sp³-hybridized carbons (Fsp3) is 0.545. The van der Waals surface area contributed by atoms with E-state index >= 15 is 0 Å². The zero-order chi connectivity index (χ0) is 23.7. The van der Waals surface area contributed by atoms with Crippen LogP contribution in [0.25, 0.3) is 4.72 Å². The number of benzene rings is 1. The Morgan fingerprint density at radius 3 is 2.52 bits per heavy atom. The number of hydrogen-bond donors (Lipinski definition) is 0. The third kappa shape index (κ3) is 7.44. The van der Waals surface area contributed by atoms with Crippen molar-refractivity contribution in [3.05, 3.63) is 51.5 Å². The molecule has 1 aliphatic heterocycles. The summed E-state index contributed by atoms with van der Waals surface area (Å²) in [4.78, 5) is 14.8. The Morgan fingerprint density at radius 1 is 1.27 bits per heavy atom. The van der Waals surface area contributed by atoms with Crippen LogP contribution in [0.15, 0.2) is 30.6 Å². The minimum absolute atomic E-state index is 0. The summed E-state index contributed by atoms with van der Waals surface area (Å²) in [6.07, 6.45) is 4.82. The maximum Gasteiger partial charge on any atom is 1.00 e. The molecule has 0 aliphatic carbocycles. The molecular weight excluding hydrogens is 473 g/mol. The molecule has 0 bridgehead atoms. The van der Waals surface area contributed by atoms with Gasteiger partial charge < -0.3 is 14.4 Å². The van der Waals surface area contributed by atoms with Crippen LogP contribution in [0.4, 0.5) is 5.69 Å². The predicted molar refractivity (Wildman–Crippen MR) is 127 cm³/mol. The van der Waals surface area contributed by atoms with Gasteiger partial charge in [0.25, 0.3) is 0 Å². The Bertz CT molecular complexity index is 1080. The molecule has 176 valence electrons. The van der Waals surface area contributed by atoms with Crippen LogP contribution < -0.4 is 33.9 Å². The van der Waals surface area contributed by atoms with Gasteiger partial charge in [-0.1, -0.05) is 38.4 Å². The zero-order valence-electron chi connectivity index (χ0n) is 20.2. The topological polar surface area (TPSA) is 89.6 Å². The van der Waals surface area contributed by atoms with Crippen LogP contribution in [0, 0.1) is 0 Å². The molecule has 1 saturated heterocycles. The molecule has 0 spiro atoms. The molecule has 0 unspecified atom stereocenters. The Morgan fingerprint density at radius 2 is 1.97 bits per heavy atom. The number of amides is 1. The summed E-state index contributed by atoms with van der Waals surface area (Å²) in [5.74, 6) is -0.735. The number of aryl methyl sites for hydroxylation is 1. The van der Waals surface area contributed by atoms with E-state index in [0.717, 1.165) is 24.9 Å². The molecule has 0 saturated carbocycles. The maximum absolute atomic E-state index is 13.2. The molecule has 1 fully saturated rings. The van der Waals surface area contributed by atoms with Gasteiger partial charge in [0.1, 0.15) is 0 Å². The third-order valence-electron chi connectivity index (χ3n) is 5.70. The molecule has 2 aromatic rings. The number of halogens is 1. The van der Waals surface area contributed by atoms with Crippen molar-refractivity contribution in [1.82, 2.24) is 14.7 Å². The average molecular weight is 504 g/mol. The first-order valence-electron chi connectivity index (χ1n) is 10.6. The molecule has 1 amide bonds. The van der Waals surface area contributed by atoms with Crippen LogP contribution in [0.3, 0.4) is 0 Å². The van der Waals surface area contributed by atoms with Gasteiger partial charge in [-0.05, 0) is 55.1 Å². The summed E-state index contributed by atoms with van der Waals surface area (Å²) in [5, 5.41) is 4.59. The summed E-state index contributed by atoms with van der Waals surface area (Å²) in [6, 6.07) is 5.45. The summed E-state index contributed by atoms with van der Waals surface area (Å²) >= 11 is 6.23. The number of anilines is 1. The largest absolute Gasteiger partial charge is 1.00 e. The van der Waals surface area contributed by atoms with E-state index in [1.165, 1.54) is 15.2 Å². The Balaban J connectivity index is 0.00000385. The molecule has 1 atom stereocenters. The van der Waals surface area contributed by atoms with Crippen molar-refractivity contribution in [1.29, 1.82) is 0 Å². The molecule has 2 heterocycles. The summed E-state index contributed by atoms with van der Waals surface area (Å²) in [5.41, 5.74) is 1.84. The fourth-order valence-electron chi connectivity index (χ4n) is 3.84. The van der Waals surface area contributed by atoms with Crippen LogP contribution in [0.2, 0.25) is 5.02 Å². The first-order chi connectivity index (χ1) is 14.8. The predicted octanol–water partition coefficient (Wildman–Crippen LogP) is 0.663. The first-order valence-corrected chi connectivity index (χ1v) is 12.4. The maximum atomic E-state index is 13.2. The monoisotopic (exact) mass is 503 g/mol. The minimum atomic E-state index is -4.25. The molecule has 0 N–H and O–H groups in total. The molecule has 1 aromatic carbocycles. The molecule has 1 aliphatic rings. The van der Waals surface area contributed by atoms with E-state index in [4.69, 9.17) is 11.6 Å². The van der Waals surface area contributed by atoms with E-state index in [1.807, 2.05) is 40.0 Å². The second kappa shape index (κ2) is 11.1. The van der Waals surface area contributed by atoms with Crippen LogP contribution in [-0.4, -0.2) is 55.2 Å². The van der Waals surface area contributed by atoms with Crippen molar-refractivity contribution in [3.63, 3.8) is 0 Å². The van der Waals surface area contributed by atoms with E-state index < -0.39 is 16.1 Å². The van der Waals surface area contributed by atoms with Crippen molar-refractivity contribution in [2.45, 2.75) is 51.5 Å². The number of likely N-dealkylation sites (N-methyl/N-ethyl adjacent to an activating group) is 1. The molecular formula is C22H31ClN5NaO3S. The number of carbonyl (C=O) groups is 1. The van der Waals surface area contributed by atoms with E-state index in [1.54, 1.807) is 19.3 Å². The van der Waals surface area contributed by atoms with Crippen molar-refractivity contribution in [3.8, 4) is 0 Å². The zero-order valence-corrected chi connectivity index (χ0v) is 23.8. The second-order valence-corrected chi connectivity index (χ2v) is 11.4. The summed E-state index contributed by atoms with van der Waals surface area (Å²) in [7, 11) is -0.560. The summed E-state index contributed by atoms with van der Waals surface area (Å²) < 4.78 is 32.7. The molecule has 0 radical (unpaired) electrons. The number of nitrogens with zero attached hydrogens (tertiary/aromatic N) is 5. The van der Waals surface area contributed by atoms with Crippen LogP contribution >= 0.6 is 11.6 Å². The smallest absolute Gasteiger partial charge is 0.528 e. The molecule has 33 heavy (non-hydrogen) atoms. The standard InChI is InChI=1S/C22H32ClN5O3S.Na/c1-22(2,3)17-9-16(10-18(23)12-17)11-21(29)25-32(30,31)28(20-13-24-27(5)14-20)15-19-7-6-8-26(19)4;/h9-10,12-14,19H,6-8,11,15H2,1-5H3,(H,25,29);/q;+1/p-1/t19-;/m0./s1. The van der Waals surface area contributed by atoms with Gasteiger partial charge in [0.2, 0.25) is 0 Å². The number of aromatic nitrogens is 2. The van der Waals surface area contributed by atoms with Crippen LogP contribution in [0.5, 0.6) is 0 Å². The SMILES string of the molecule is CN1CCC[C@H]1CN(c1cnn(C)c1)S(=O)(=O)[N-]C(=O)Cc1cc(Cl)cc(C(C)(C)C)c1.[Na+]. The van der Waals surface area contributed by atoms with E-state index in [9.17, 15) is 13.2 Å². The molecule has 11 heteroatoms. The minimum Gasteiger partial charge on any atom is -0.528 e. The average Bonchev–Trinajstić information content (AvgIpc) is 3.25. The Kier molecular flexibility index (Phi) is 9.46. The molecule has 3 rings (SSSR count). The van der Waals surface area contributed by atoms with Crippen molar-refractivity contribution in [2.75, 3.05) is 24.4 Å². The van der Waals surface area contributed by atoms with Gasteiger partial charge in [-0.25, -0.2) is 8.42 Å². The second-order valence-electron chi connectivity index (χ2n) is 9.42. The van der Waals surface area contributed by atoms with E-state index in [0.29, 0.717) is 16.3 Å². The Hall–Kier alpha value is -1.10. The number of rotatable bonds is 7. The van der Waals surface area contributed by atoms with Crippen LogP contribution in [0.1, 0.15) is 44.7 Å². The van der Waals surface area contributed by atoms with Gasteiger partial charge in [0.05, 0.1) is 17.8 Å². The van der Waals surface area contributed by atoms with Gasteiger partial charge in [-0.15, -0.1) is 0 Å². The normalized spacial score (nSPS) is 17.0. The molecule has 8 nitrogen and oxygen atoms in total. The fourth-order valence-corrected chi connectivity index (χ4v) is 5.24. The third-order valence-corrected chi connectivity index (χ3v) is 7.27. The first kappa shape index (κ1) is 28.1. The van der Waals surface area contributed by atoms with Crippen molar-refractivity contribution >= 4 is 33.4 Å². The van der Waals surface area contributed by atoms with Gasteiger partial charge in [0, 0.05) is 37.3 Å². The van der Waals surface area contributed by atoms with Gasteiger partial charge >= 0.3 is 29.6 Å². The van der Waals surface area contributed by atoms with Gasteiger partial charge in [-0.2, -0.15) is 5.10 Å². The van der Waals surface area contributed by atoms with Gasteiger partial charge in [0.15, 0.2) is 10.2 Å². The van der Waals surface area contributed by atoms with E-state index in [-0.39, 0.29) is 54.0 Å². The van der Waals surface area contributed by atoms with E-state index in [2.05, 4.69) is 14.7 Å². The van der Waals surface area contributed by atoms with Crippen molar-refractivity contribution < 1.29 is 42.8 Å². The van der Waals surface area contributed by atoms with Crippen molar-refractivity contribution in [2.24, 2.45) is 7.05 Å². The Labute approximate surface area is 224 Å². The number of likely N-dealkylation sites (tertiary alicyclic amines) is 1. The van der Waals surface area contributed by atoms with Crippen LogP contribution in [-0.2, 0) is 33.9 Å². The summed E-state index contributed by atoms with van der Waals surface area (Å²) in [6.45, 7) is 7.26. The number of carbonyl (C=O) groups excluding carboxylic acids is 1. The molecule has 1 aromatic heterocycles. The number of hydrogen-bond acceptors (Lipinski definition) is 5.